The maximum atomic E-state index is 13.3. The molecule has 0 aliphatic heterocycles. The Bertz CT molecular complexity index is 433. The molecule has 0 amide bonds. The lowest BCUT2D eigenvalue weighted by Gasteiger charge is -2.07. The number of rotatable bonds is 2. The minimum atomic E-state index is -0.331. The van der Waals surface area contributed by atoms with Gasteiger partial charge in [-0.3, -0.25) is 0 Å². The van der Waals surface area contributed by atoms with Gasteiger partial charge in [-0.05, 0) is 24.3 Å². The Morgan fingerprint density at radius 3 is 2.56 bits per heavy atom. The number of para-hydroxylation sites is 1. The van der Waals surface area contributed by atoms with Crippen molar-refractivity contribution in [1.29, 1.82) is 0 Å². The predicted octanol–water partition coefficient (Wildman–Crippen LogP) is 2.97. The molecular weight excluding hydrogens is 229 g/mol. The second kappa shape index (κ2) is 5.32. The van der Waals surface area contributed by atoms with Crippen LogP contribution < -0.4 is 11.1 Å². The Kier molecular flexibility index (Phi) is 4.08. The van der Waals surface area contributed by atoms with E-state index in [9.17, 15) is 4.39 Å². The van der Waals surface area contributed by atoms with Crippen LogP contribution in [0.5, 0.6) is 0 Å². The van der Waals surface area contributed by atoms with E-state index in [-0.39, 0.29) is 18.2 Å². The zero-order valence-electron chi connectivity index (χ0n) is 8.35. The molecule has 0 saturated carbocycles. The van der Waals surface area contributed by atoms with Gasteiger partial charge < -0.3 is 11.1 Å². The summed E-state index contributed by atoms with van der Waals surface area (Å²) in [4.78, 5) is 4.01. The summed E-state index contributed by atoms with van der Waals surface area (Å²) < 4.78 is 13.3. The number of pyridine rings is 1. The highest BCUT2D eigenvalue weighted by Crippen LogP contribution is 2.21. The number of nitrogens with one attached hydrogen (secondary N) is 1. The van der Waals surface area contributed by atoms with Gasteiger partial charge in [0.05, 0.1) is 11.4 Å². The molecule has 0 radical (unpaired) electrons. The molecule has 0 saturated heterocycles. The fourth-order valence-electron chi connectivity index (χ4n) is 1.21. The quantitative estimate of drug-likeness (QED) is 0.847. The van der Waals surface area contributed by atoms with Crippen LogP contribution in [0.4, 0.5) is 21.6 Å². The Hall–Kier alpha value is -1.81. The highest BCUT2D eigenvalue weighted by atomic mass is 35.5. The van der Waals surface area contributed by atoms with Gasteiger partial charge in [0, 0.05) is 6.20 Å². The second-order valence-corrected chi connectivity index (χ2v) is 3.05. The summed E-state index contributed by atoms with van der Waals surface area (Å²) in [6, 6.07) is 9.80. The highest BCUT2D eigenvalue weighted by molar-refractivity contribution is 5.85. The first-order chi connectivity index (χ1) is 7.27. The summed E-state index contributed by atoms with van der Waals surface area (Å²) in [6.07, 6.45) is 1.60. The first-order valence-electron chi connectivity index (χ1n) is 4.49. The average molecular weight is 240 g/mol. The normalized spacial score (nSPS) is 9.31. The highest BCUT2D eigenvalue weighted by Gasteiger charge is 2.03. The first-order valence-corrected chi connectivity index (χ1v) is 4.49. The minimum absolute atomic E-state index is 0. The zero-order chi connectivity index (χ0) is 10.7. The minimum Gasteiger partial charge on any atom is -0.396 e. The van der Waals surface area contributed by atoms with Crippen LogP contribution in [0.3, 0.4) is 0 Å². The molecule has 0 bridgehead atoms. The molecule has 1 aromatic carbocycles. The molecule has 84 valence electrons. The van der Waals surface area contributed by atoms with E-state index in [0.29, 0.717) is 17.2 Å². The van der Waals surface area contributed by atoms with Crippen molar-refractivity contribution in [2.24, 2.45) is 0 Å². The van der Waals surface area contributed by atoms with Crippen molar-refractivity contribution < 1.29 is 4.39 Å². The molecule has 1 aromatic heterocycles. The third-order valence-electron chi connectivity index (χ3n) is 1.97. The predicted molar refractivity (Wildman–Crippen MR) is 65.6 cm³/mol. The van der Waals surface area contributed by atoms with Gasteiger partial charge in [-0.2, -0.15) is 0 Å². The van der Waals surface area contributed by atoms with E-state index in [4.69, 9.17) is 5.73 Å². The molecular formula is C11H11ClFN3. The topological polar surface area (TPSA) is 50.9 Å². The third kappa shape index (κ3) is 2.61. The van der Waals surface area contributed by atoms with Gasteiger partial charge in [0.25, 0.3) is 0 Å². The Morgan fingerprint density at radius 1 is 1.12 bits per heavy atom. The van der Waals surface area contributed by atoms with Gasteiger partial charge >= 0.3 is 0 Å². The summed E-state index contributed by atoms with van der Waals surface area (Å²) in [5.41, 5.74) is 6.52. The van der Waals surface area contributed by atoms with Crippen LogP contribution in [0, 0.1) is 5.82 Å². The molecule has 0 atom stereocenters. The second-order valence-electron chi connectivity index (χ2n) is 3.05. The smallest absolute Gasteiger partial charge is 0.153 e. The van der Waals surface area contributed by atoms with Gasteiger partial charge in [0.1, 0.15) is 5.82 Å². The van der Waals surface area contributed by atoms with Crippen LogP contribution in [-0.4, -0.2) is 4.98 Å². The number of nitrogens with zero attached hydrogens (tertiary/aromatic N) is 1. The number of nitrogens with two attached hydrogens (primary N) is 1. The number of nitrogen functional groups attached to an aromatic ring is 1. The summed E-state index contributed by atoms with van der Waals surface area (Å²) >= 11 is 0. The molecule has 3 nitrogen and oxygen atoms in total. The maximum Gasteiger partial charge on any atom is 0.153 e. The maximum absolute atomic E-state index is 13.3. The van der Waals surface area contributed by atoms with E-state index in [0.717, 1.165) is 0 Å². The lowest BCUT2D eigenvalue weighted by Crippen LogP contribution is -1.99. The van der Waals surface area contributed by atoms with Gasteiger partial charge in [-0.25, -0.2) is 9.37 Å². The molecule has 0 unspecified atom stereocenters. The van der Waals surface area contributed by atoms with E-state index in [1.165, 1.54) is 6.07 Å². The molecule has 2 aromatic rings. The van der Waals surface area contributed by atoms with Crippen LogP contribution in [-0.2, 0) is 0 Å². The van der Waals surface area contributed by atoms with E-state index >= 15 is 0 Å². The monoisotopic (exact) mass is 239 g/mol. The number of aromatic nitrogens is 1. The van der Waals surface area contributed by atoms with E-state index < -0.39 is 0 Å². The zero-order valence-corrected chi connectivity index (χ0v) is 9.17. The van der Waals surface area contributed by atoms with Crippen molar-refractivity contribution in [3.8, 4) is 0 Å². The number of benzene rings is 1. The van der Waals surface area contributed by atoms with Gasteiger partial charge in [-0.1, -0.05) is 12.1 Å². The lowest BCUT2D eigenvalue weighted by molar-refractivity contribution is 0.632. The standard InChI is InChI=1S/C11H10FN3.ClH/c12-8-4-1-2-6-10(8)15-11-9(13)5-3-7-14-11;/h1-7H,13H2,(H,14,15);1H. The van der Waals surface area contributed by atoms with Crippen molar-refractivity contribution in [2.45, 2.75) is 0 Å². The van der Waals surface area contributed by atoms with Crippen molar-refractivity contribution in [3.05, 3.63) is 48.4 Å². The van der Waals surface area contributed by atoms with Crippen LogP contribution in [0.25, 0.3) is 0 Å². The van der Waals surface area contributed by atoms with Crippen molar-refractivity contribution >= 4 is 29.6 Å². The van der Waals surface area contributed by atoms with Crippen molar-refractivity contribution in [1.82, 2.24) is 4.98 Å². The molecule has 0 aliphatic rings. The van der Waals surface area contributed by atoms with Gasteiger partial charge in [0.2, 0.25) is 0 Å². The van der Waals surface area contributed by atoms with Crippen molar-refractivity contribution in [3.63, 3.8) is 0 Å². The molecule has 2 rings (SSSR count). The van der Waals surface area contributed by atoms with Gasteiger partial charge in [-0.15, -0.1) is 12.4 Å². The summed E-state index contributed by atoms with van der Waals surface area (Å²) in [7, 11) is 0. The fraction of sp³-hybridized carbons (Fsp3) is 0. The summed E-state index contributed by atoms with van der Waals surface area (Å²) in [6.45, 7) is 0. The number of hydrogen-bond donors (Lipinski definition) is 2. The van der Waals surface area contributed by atoms with Crippen LogP contribution in [0.15, 0.2) is 42.6 Å². The van der Waals surface area contributed by atoms with E-state index in [1.54, 1.807) is 36.5 Å². The SMILES string of the molecule is Cl.Nc1cccnc1Nc1ccccc1F. The molecule has 0 spiro atoms. The summed E-state index contributed by atoms with van der Waals surface area (Å²) in [5, 5.41) is 2.83. The largest absolute Gasteiger partial charge is 0.396 e. The molecule has 3 N–H and O–H groups in total. The van der Waals surface area contributed by atoms with Crippen LogP contribution >= 0.6 is 12.4 Å². The van der Waals surface area contributed by atoms with Crippen molar-refractivity contribution in [2.75, 3.05) is 11.1 Å². The molecule has 5 heteroatoms. The number of halogens is 2. The number of hydrogen-bond acceptors (Lipinski definition) is 3. The van der Waals surface area contributed by atoms with Crippen LogP contribution in [0.2, 0.25) is 0 Å². The number of anilines is 3. The van der Waals surface area contributed by atoms with E-state index in [1.807, 2.05) is 0 Å². The Labute approximate surface area is 98.9 Å². The first kappa shape index (κ1) is 12.3. The van der Waals surface area contributed by atoms with E-state index in [2.05, 4.69) is 10.3 Å². The Morgan fingerprint density at radius 2 is 1.88 bits per heavy atom. The fourth-order valence-corrected chi connectivity index (χ4v) is 1.21. The Balaban J connectivity index is 0.00000128. The lowest BCUT2D eigenvalue weighted by atomic mass is 10.3. The summed E-state index contributed by atoms with van der Waals surface area (Å²) in [5.74, 6) is 0.130. The molecule has 16 heavy (non-hydrogen) atoms. The molecule has 0 aliphatic carbocycles. The molecule has 0 fully saturated rings. The van der Waals surface area contributed by atoms with Gasteiger partial charge in [0.15, 0.2) is 5.82 Å². The molecule has 1 heterocycles. The average Bonchev–Trinajstić information content (AvgIpc) is 2.24. The van der Waals surface area contributed by atoms with Crippen LogP contribution in [0.1, 0.15) is 0 Å². The third-order valence-corrected chi connectivity index (χ3v) is 1.97.